The number of aromatic nitrogens is 2. The number of hydrogen-bond donors (Lipinski definition) is 1. The van der Waals surface area contributed by atoms with Gasteiger partial charge in [-0.05, 0) is 12.1 Å². The highest BCUT2D eigenvalue weighted by Crippen LogP contribution is 2.21. The number of nitrogen functional groups attached to an aromatic ring is 1. The molecule has 0 fully saturated rings. The molecule has 0 aliphatic heterocycles. The molecule has 0 atom stereocenters. The van der Waals surface area contributed by atoms with Crippen molar-refractivity contribution in [3.63, 3.8) is 0 Å². The fraction of sp³-hybridized carbons (Fsp3) is 0.125. The number of nitrogens with two attached hydrogens (primary N) is 1. The molecule has 0 unspecified atom stereocenters. The standard InChI is InChI=1S/C8H7F2N3/c9-7(10)8-12-5-3-1-2-4-6(5)13(8)11/h1-4,7H,11H2. The van der Waals surface area contributed by atoms with Crippen LogP contribution in [0.25, 0.3) is 11.0 Å². The van der Waals surface area contributed by atoms with Crippen LogP contribution in [0.15, 0.2) is 24.3 Å². The monoisotopic (exact) mass is 183 g/mol. The maximum Gasteiger partial charge on any atom is 0.297 e. The number of hydrogen-bond acceptors (Lipinski definition) is 2. The van der Waals surface area contributed by atoms with Crippen LogP contribution in [0, 0.1) is 0 Å². The van der Waals surface area contributed by atoms with Gasteiger partial charge in [-0.1, -0.05) is 12.1 Å². The molecule has 68 valence electrons. The molecule has 0 saturated carbocycles. The highest BCUT2D eigenvalue weighted by Gasteiger charge is 2.16. The van der Waals surface area contributed by atoms with Crippen molar-refractivity contribution in [2.45, 2.75) is 6.43 Å². The van der Waals surface area contributed by atoms with Crippen molar-refractivity contribution < 1.29 is 8.78 Å². The number of imidazole rings is 1. The average Bonchev–Trinajstić information content (AvgIpc) is 2.45. The minimum Gasteiger partial charge on any atom is -0.337 e. The second-order valence-corrected chi connectivity index (χ2v) is 2.63. The third-order valence-electron chi connectivity index (χ3n) is 1.82. The molecule has 3 nitrogen and oxygen atoms in total. The second-order valence-electron chi connectivity index (χ2n) is 2.63. The first-order chi connectivity index (χ1) is 6.20. The Morgan fingerprint density at radius 1 is 1.31 bits per heavy atom. The summed E-state index contributed by atoms with van der Waals surface area (Å²) in [5.41, 5.74) is 0.998. The smallest absolute Gasteiger partial charge is 0.297 e. The summed E-state index contributed by atoms with van der Waals surface area (Å²) >= 11 is 0. The molecule has 1 aromatic heterocycles. The Hall–Kier alpha value is -1.65. The topological polar surface area (TPSA) is 43.8 Å². The fourth-order valence-corrected chi connectivity index (χ4v) is 1.22. The summed E-state index contributed by atoms with van der Waals surface area (Å²) < 4.78 is 25.5. The summed E-state index contributed by atoms with van der Waals surface area (Å²) in [5.74, 6) is 5.01. The highest BCUT2D eigenvalue weighted by molar-refractivity contribution is 5.75. The van der Waals surface area contributed by atoms with Crippen molar-refractivity contribution in [3.05, 3.63) is 30.1 Å². The SMILES string of the molecule is Nn1c(C(F)F)nc2ccccc21. The summed E-state index contributed by atoms with van der Waals surface area (Å²) in [6.07, 6.45) is -2.64. The molecule has 0 bridgehead atoms. The van der Waals surface area contributed by atoms with Gasteiger partial charge in [0.1, 0.15) is 0 Å². The third kappa shape index (κ3) is 1.12. The summed E-state index contributed by atoms with van der Waals surface area (Å²) in [4.78, 5) is 3.70. The van der Waals surface area contributed by atoms with Gasteiger partial charge in [-0.15, -0.1) is 0 Å². The molecule has 0 aliphatic carbocycles. The van der Waals surface area contributed by atoms with E-state index in [1.165, 1.54) is 0 Å². The van der Waals surface area contributed by atoms with Crippen LogP contribution in [0.3, 0.4) is 0 Å². The van der Waals surface area contributed by atoms with Crippen molar-refractivity contribution in [1.82, 2.24) is 9.66 Å². The van der Waals surface area contributed by atoms with Crippen LogP contribution < -0.4 is 5.84 Å². The van der Waals surface area contributed by atoms with Gasteiger partial charge in [-0.2, -0.15) is 0 Å². The molecule has 0 saturated heterocycles. The molecule has 1 aromatic carbocycles. The molecule has 2 aromatic rings. The van der Waals surface area contributed by atoms with Gasteiger partial charge < -0.3 is 5.84 Å². The first kappa shape index (κ1) is 7.97. The van der Waals surface area contributed by atoms with Crippen LogP contribution in [0.4, 0.5) is 8.78 Å². The van der Waals surface area contributed by atoms with E-state index in [0.717, 1.165) is 4.68 Å². The lowest BCUT2D eigenvalue weighted by Crippen LogP contribution is -2.12. The molecule has 1 heterocycles. The van der Waals surface area contributed by atoms with E-state index in [2.05, 4.69) is 4.98 Å². The molecule has 13 heavy (non-hydrogen) atoms. The Kier molecular flexibility index (Phi) is 1.65. The maximum absolute atomic E-state index is 12.3. The number of rotatable bonds is 1. The molecule has 2 rings (SSSR count). The molecule has 0 radical (unpaired) electrons. The minimum atomic E-state index is -2.64. The Morgan fingerprint density at radius 3 is 2.62 bits per heavy atom. The molecule has 0 spiro atoms. The number of benzene rings is 1. The number of nitrogens with zero attached hydrogens (tertiary/aromatic N) is 2. The summed E-state index contributed by atoms with van der Waals surface area (Å²) in [6, 6.07) is 6.74. The Balaban J connectivity index is 2.74. The lowest BCUT2D eigenvalue weighted by molar-refractivity contribution is 0.138. The second kappa shape index (κ2) is 2.69. The van der Waals surface area contributed by atoms with Gasteiger partial charge in [0.05, 0.1) is 11.0 Å². The van der Waals surface area contributed by atoms with E-state index >= 15 is 0 Å². The van der Waals surface area contributed by atoms with Gasteiger partial charge in [0.25, 0.3) is 6.43 Å². The van der Waals surface area contributed by atoms with E-state index < -0.39 is 12.2 Å². The van der Waals surface area contributed by atoms with Crippen LogP contribution >= 0.6 is 0 Å². The maximum atomic E-state index is 12.3. The average molecular weight is 183 g/mol. The van der Waals surface area contributed by atoms with Gasteiger partial charge in [0.15, 0.2) is 5.82 Å². The van der Waals surface area contributed by atoms with E-state index in [-0.39, 0.29) is 0 Å². The molecular formula is C8H7F2N3. The number of para-hydroxylation sites is 2. The minimum absolute atomic E-state index is 0.402. The van der Waals surface area contributed by atoms with Gasteiger partial charge in [-0.25, -0.2) is 18.4 Å². The van der Waals surface area contributed by atoms with Crippen LogP contribution in [0.2, 0.25) is 0 Å². The van der Waals surface area contributed by atoms with Crippen LogP contribution in [-0.4, -0.2) is 9.66 Å². The lowest BCUT2D eigenvalue weighted by Gasteiger charge is -1.98. The summed E-state index contributed by atoms with van der Waals surface area (Å²) in [7, 11) is 0. The number of fused-ring (bicyclic) bond motifs is 1. The number of halogens is 2. The van der Waals surface area contributed by atoms with Crippen LogP contribution in [-0.2, 0) is 0 Å². The van der Waals surface area contributed by atoms with Crippen molar-refractivity contribution in [2.24, 2.45) is 0 Å². The summed E-state index contributed by atoms with van der Waals surface area (Å²) in [6.45, 7) is 0. The largest absolute Gasteiger partial charge is 0.337 e. The molecule has 2 N–H and O–H groups in total. The van der Waals surface area contributed by atoms with Gasteiger partial charge >= 0.3 is 0 Å². The van der Waals surface area contributed by atoms with Crippen molar-refractivity contribution in [3.8, 4) is 0 Å². The molecule has 5 heteroatoms. The van der Waals surface area contributed by atoms with E-state index in [1.807, 2.05) is 0 Å². The zero-order chi connectivity index (χ0) is 9.42. The predicted molar refractivity (Wildman–Crippen MR) is 44.8 cm³/mol. The first-order valence-electron chi connectivity index (χ1n) is 3.71. The van der Waals surface area contributed by atoms with E-state index in [9.17, 15) is 8.78 Å². The summed E-state index contributed by atoms with van der Waals surface area (Å²) in [5, 5.41) is 0. The van der Waals surface area contributed by atoms with Crippen molar-refractivity contribution in [2.75, 3.05) is 5.84 Å². The van der Waals surface area contributed by atoms with Crippen LogP contribution in [0.1, 0.15) is 12.2 Å². The normalized spacial score (nSPS) is 11.3. The van der Waals surface area contributed by atoms with Crippen molar-refractivity contribution in [1.29, 1.82) is 0 Å². The Bertz CT molecular complexity index is 436. The van der Waals surface area contributed by atoms with Crippen molar-refractivity contribution >= 4 is 11.0 Å². The number of alkyl halides is 2. The molecule has 0 amide bonds. The van der Waals surface area contributed by atoms with Crippen LogP contribution in [0.5, 0.6) is 0 Å². The quantitative estimate of drug-likeness (QED) is 0.683. The Morgan fingerprint density at radius 2 is 2.00 bits per heavy atom. The van der Waals surface area contributed by atoms with E-state index in [0.29, 0.717) is 11.0 Å². The van der Waals surface area contributed by atoms with E-state index in [4.69, 9.17) is 5.84 Å². The lowest BCUT2D eigenvalue weighted by atomic mass is 10.3. The molecule has 0 aliphatic rings. The van der Waals surface area contributed by atoms with Gasteiger partial charge in [0, 0.05) is 0 Å². The van der Waals surface area contributed by atoms with Gasteiger partial charge in [-0.3, -0.25) is 0 Å². The predicted octanol–water partition coefficient (Wildman–Crippen LogP) is 1.69. The van der Waals surface area contributed by atoms with E-state index in [1.54, 1.807) is 24.3 Å². The zero-order valence-electron chi connectivity index (χ0n) is 6.61. The first-order valence-corrected chi connectivity index (χ1v) is 3.71. The highest BCUT2D eigenvalue weighted by atomic mass is 19.3. The van der Waals surface area contributed by atoms with Gasteiger partial charge in [0.2, 0.25) is 0 Å². The fourth-order valence-electron chi connectivity index (χ4n) is 1.22. The Labute approximate surface area is 72.8 Å². The molecular weight excluding hydrogens is 176 g/mol. The zero-order valence-corrected chi connectivity index (χ0v) is 6.61. The third-order valence-corrected chi connectivity index (χ3v) is 1.82.